The Hall–Kier alpha value is 0.320. The van der Waals surface area contributed by atoms with E-state index in [0.717, 1.165) is 3.79 Å². The van der Waals surface area contributed by atoms with E-state index < -0.39 is 0 Å². The van der Waals surface area contributed by atoms with Crippen LogP contribution >= 0.6 is 85.3 Å². The van der Waals surface area contributed by atoms with Gasteiger partial charge in [0.25, 0.3) is 0 Å². The Morgan fingerprint density at radius 3 is 2.00 bits per heavy atom. The second-order valence-electron chi connectivity index (χ2n) is 3.71. The molecule has 0 saturated carbocycles. The van der Waals surface area contributed by atoms with Gasteiger partial charge in [0.15, 0.2) is 12.4 Å². The molecule has 0 atom stereocenters. The van der Waals surface area contributed by atoms with Gasteiger partial charge in [-0.05, 0) is 28.1 Å². The largest absolute Gasteiger partial charge is 0.482 e. The first-order valence-corrected chi connectivity index (χ1v) is 8.75. The fraction of sp³-hybridized carbons (Fsp3) is 0.0833. The highest BCUT2D eigenvalue weighted by atomic mass is 79.9. The van der Waals surface area contributed by atoms with Gasteiger partial charge in [-0.3, -0.25) is 4.79 Å². The summed E-state index contributed by atoms with van der Waals surface area (Å²) in [5.74, 6) is -0.193. The first-order valence-electron chi connectivity index (χ1n) is 5.25. The van der Waals surface area contributed by atoms with Crippen LogP contribution in [-0.4, -0.2) is 12.4 Å². The van der Waals surface area contributed by atoms with Crippen molar-refractivity contribution in [1.29, 1.82) is 0 Å². The van der Waals surface area contributed by atoms with Crippen LogP contribution in [0, 0.1) is 0 Å². The van der Waals surface area contributed by atoms with Crippen LogP contribution in [0.1, 0.15) is 9.67 Å². The first-order chi connectivity index (χ1) is 9.82. The zero-order valence-electron chi connectivity index (χ0n) is 9.85. The van der Waals surface area contributed by atoms with Crippen LogP contribution in [0.4, 0.5) is 0 Å². The van der Waals surface area contributed by atoms with Crippen molar-refractivity contribution in [2.24, 2.45) is 0 Å². The summed E-state index contributed by atoms with van der Waals surface area (Å²) in [7, 11) is 0. The Balaban J connectivity index is 2.23. The van der Waals surface area contributed by atoms with Crippen LogP contribution in [-0.2, 0) is 0 Å². The number of benzene rings is 1. The molecule has 0 unspecified atom stereocenters. The van der Waals surface area contributed by atoms with Crippen molar-refractivity contribution in [3.05, 3.63) is 45.9 Å². The average molecular weight is 469 g/mol. The number of ether oxygens (including phenoxy) is 1. The highest BCUT2D eigenvalue weighted by molar-refractivity contribution is 9.11. The molecule has 21 heavy (non-hydrogen) atoms. The van der Waals surface area contributed by atoms with Crippen molar-refractivity contribution < 1.29 is 9.53 Å². The number of rotatable bonds is 4. The van der Waals surface area contributed by atoms with E-state index in [-0.39, 0.29) is 43.3 Å². The summed E-state index contributed by atoms with van der Waals surface area (Å²) >= 11 is 34.3. The summed E-state index contributed by atoms with van der Waals surface area (Å²) < 4.78 is 6.21. The van der Waals surface area contributed by atoms with Crippen LogP contribution in [0.2, 0.25) is 25.1 Å². The lowest BCUT2D eigenvalue weighted by atomic mass is 10.3. The molecule has 9 heteroatoms. The van der Waals surface area contributed by atoms with Gasteiger partial charge in [0.2, 0.25) is 5.78 Å². The molecule has 0 aliphatic rings. The SMILES string of the molecule is O=C(COc1c(Cl)c(Cl)c(Cl)c(Cl)c1Cl)c1ccc(Br)s1. The highest BCUT2D eigenvalue weighted by Crippen LogP contribution is 2.48. The molecule has 0 aliphatic carbocycles. The van der Waals surface area contributed by atoms with E-state index in [0.29, 0.717) is 4.88 Å². The van der Waals surface area contributed by atoms with Crippen molar-refractivity contribution in [2.75, 3.05) is 6.61 Å². The molecule has 0 saturated heterocycles. The third kappa shape index (κ3) is 3.81. The van der Waals surface area contributed by atoms with Gasteiger partial charge >= 0.3 is 0 Å². The van der Waals surface area contributed by atoms with Gasteiger partial charge < -0.3 is 4.74 Å². The van der Waals surface area contributed by atoms with Crippen LogP contribution in [0.5, 0.6) is 5.75 Å². The molecule has 2 rings (SSSR count). The molecule has 0 spiro atoms. The number of hydrogen-bond acceptors (Lipinski definition) is 3. The van der Waals surface area contributed by atoms with Crippen molar-refractivity contribution in [3.63, 3.8) is 0 Å². The Kier molecular flexibility index (Phi) is 6.11. The number of carbonyl (C=O) groups is 1. The maximum atomic E-state index is 12.0. The minimum Gasteiger partial charge on any atom is -0.482 e. The zero-order valence-corrected chi connectivity index (χ0v) is 16.0. The van der Waals surface area contributed by atoms with Crippen molar-refractivity contribution >= 4 is 91.1 Å². The molecule has 2 aromatic rings. The number of Topliss-reactive ketones (excluding diaryl/α,β-unsaturated/α-hetero) is 1. The standard InChI is InChI=1S/C12H4BrCl5O2S/c13-6-2-1-5(21-6)4(19)3-20-12-10(17)8(15)7(14)9(16)11(12)18/h1-2H,3H2. The molecule has 1 heterocycles. The molecule has 1 aromatic heterocycles. The van der Waals surface area contributed by atoms with Crippen molar-refractivity contribution in [3.8, 4) is 5.75 Å². The average Bonchev–Trinajstić information content (AvgIpc) is 2.89. The third-order valence-corrected chi connectivity index (χ3v) is 6.27. The molecule has 1 aromatic carbocycles. The molecular formula is C12H4BrCl5O2S. The molecular weight excluding hydrogens is 465 g/mol. The Bertz CT molecular complexity index is 687. The lowest BCUT2D eigenvalue weighted by Crippen LogP contribution is -2.10. The normalized spacial score (nSPS) is 10.8. The van der Waals surface area contributed by atoms with E-state index in [2.05, 4.69) is 15.9 Å². The van der Waals surface area contributed by atoms with Gasteiger partial charge in [-0.1, -0.05) is 58.0 Å². The summed E-state index contributed by atoms with van der Waals surface area (Å²) in [6.45, 7) is -0.249. The van der Waals surface area contributed by atoms with Gasteiger partial charge in [0.1, 0.15) is 10.0 Å². The van der Waals surface area contributed by atoms with Gasteiger partial charge in [0, 0.05) is 0 Å². The summed E-state index contributed by atoms with van der Waals surface area (Å²) in [6, 6.07) is 3.46. The summed E-state index contributed by atoms with van der Waals surface area (Å²) in [5, 5.41) is 0.102. The van der Waals surface area contributed by atoms with Crippen LogP contribution in [0.25, 0.3) is 0 Å². The Morgan fingerprint density at radius 2 is 1.52 bits per heavy atom. The molecule has 112 valence electrons. The van der Waals surface area contributed by atoms with Gasteiger partial charge in [-0.15, -0.1) is 11.3 Å². The Morgan fingerprint density at radius 1 is 1.00 bits per heavy atom. The van der Waals surface area contributed by atoms with Gasteiger partial charge in [-0.2, -0.15) is 0 Å². The summed E-state index contributed by atoms with van der Waals surface area (Å²) in [5.41, 5.74) is 0. The summed E-state index contributed by atoms with van der Waals surface area (Å²) in [4.78, 5) is 12.5. The lowest BCUT2D eigenvalue weighted by Gasteiger charge is -2.12. The Labute approximate surface area is 158 Å². The quantitative estimate of drug-likeness (QED) is 0.273. The highest BCUT2D eigenvalue weighted by Gasteiger charge is 2.21. The smallest absolute Gasteiger partial charge is 0.210 e. The van der Waals surface area contributed by atoms with E-state index in [1.54, 1.807) is 12.1 Å². The molecule has 2 nitrogen and oxygen atoms in total. The van der Waals surface area contributed by atoms with E-state index in [4.69, 9.17) is 62.7 Å². The minimum absolute atomic E-state index is 0.0104. The molecule has 0 radical (unpaired) electrons. The van der Waals surface area contributed by atoms with E-state index >= 15 is 0 Å². The predicted octanol–water partition coefficient (Wildman–Crippen LogP) is 7.04. The number of carbonyl (C=O) groups excluding carboxylic acids is 1. The van der Waals surface area contributed by atoms with Crippen molar-refractivity contribution in [1.82, 2.24) is 0 Å². The first kappa shape index (κ1) is 17.7. The van der Waals surface area contributed by atoms with Crippen LogP contribution in [0.3, 0.4) is 0 Å². The van der Waals surface area contributed by atoms with Crippen LogP contribution < -0.4 is 4.74 Å². The van der Waals surface area contributed by atoms with Gasteiger partial charge in [0.05, 0.1) is 23.7 Å². The third-order valence-electron chi connectivity index (χ3n) is 2.37. The fourth-order valence-electron chi connectivity index (χ4n) is 1.38. The molecule has 0 N–H and O–H groups in total. The second-order valence-corrected chi connectivity index (χ2v) is 8.07. The molecule has 0 bridgehead atoms. The van der Waals surface area contributed by atoms with Crippen LogP contribution in [0.15, 0.2) is 15.9 Å². The maximum Gasteiger partial charge on any atom is 0.210 e. The number of hydrogen-bond donors (Lipinski definition) is 0. The lowest BCUT2D eigenvalue weighted by molar-refractivity contribution is 0.0926. The van der Waals surface area contributed by atoms with E-state index in [9.17, 15) is 4.79 Å². The second kappa shape index (κ2) is 7.26. The number of ketones is 1. The van der Waals surface area contributed by atoms with E-state index in [1.165, 1.54) is 11.3 Å². The van der Waals surface area contributed by atoms with E-state index in [1.807, 2.05) is 0 Å². The zero-order chi connectivity index (χ0) is 15.7. The topological polar surface area (TPSA) is 26.3 Å². The maximum absolute atomic E-state index is 12.0. The fourth-order valence-corrected chi connectivity index (χ4v) is 3.92. The monoisotopic (exact) mass is 466 g/mol. The summed E-state index contributed by atoms with van der Waals surface area (Å²) in [6.07, 6.45) is 0. The minimum atomic E-state index is -0.249. The molecule has 0 amide bonds. The number of halogens is 6. The van der Waals surface area contributed by atoms with Gasteiger partial charge in [-0.25, -0.2) is 0 Å². The molecule has 0 fully saturated rings. The molecule has 0 aliphatic heterocycles. The number of thiophene rings is 1. The predicted molar refractivity (Wildman–Crippen MR) is 93.3 cm³/mol. The van der Waals surface area contributed by atoms with Crippen molar-refractivity contribution in [2.45, 2.75) is 0 Å².